The van der Waals surface area contributed by atoms with Crippen molar-refractivity contribution in [1.29, 1.82) is 0 Å². The summed E-state index contributed by atoms with van der Waals surface area (Å²) in [5.41, 5.74) is 1.67. The van der Waals surface area contributed by atoms with E-state index in [2.05, 4.69) is 47.2 Å². The van der Waals surface area contributed by atoms with Crippen molar-refractivity contribution in [3.05, 3.63) is 42.4 Å². The van der Waals surface area contributed by atoms with Crippen LogP contribution in [0, 0.1) is 5.92 Å². The van der Waals surface area contributed by atoms with Gasteiger partial charge in [0.05, 0.1) is 31.3 Å². The molecule has 0 aliphatic carbocycles. The number of esters is 1. The number of anilines is 1. The zero-order valence-electron chi connectivity index (χ0n) is 18.0. The van der Waals surface area contributed by atoms with Gasteiger partial charge >= 0.3 is 5.97 Å². The van der Waals surface area contributed by atoms with E-state index in [0.29, 0.717) is 24.0 Å². The third-order valence-electron chi connectivity index (χ3n) is 4.71. The Balaban J connectivity index is 1.95. The summed E-state index contributed by atoms with van der Waals surface area (Å²) in [4.78, 5) is 20.4. The molecule has 2 aromatic heterocycles. The second-order valence-corrected chi connectivity index (χ2v) is 7.55. The fraction of sp³-hybridized carbons (Fsp3) is 0.455. The summed E-state index contributed by atoms with van der Waals surface area (Å²) >= 11 is 0. The highest BCUT2D eigenvalue weighted by atomic mass is 16.5. The molecule has 30 heavy (non-hydrogen) atoms. The second kappa shape index (κ2) is 10.0. The molecular weight excluding hydrogens is 382 g/mol. The Morgan fingerprint density at radius 1 is 1.23 bits per heavy atom. The van der Waals surface area contributed by atoms with Gasteiger partial charge in [0.2, 0.25) is 0 Å². The first-order valence-corrected chi connectivity index (χ1v) is 10.2. The van der Waals surface area contributed by atoms with Gasteiger partial charge in [-0.05, 0) is 24.8 Å². The number of benzene rings is 1. The lowest BCUT2D eigenvalue weighted by Crippen LogP contribution is -2.16. The maximum atomic E-state index is 11.7. The van der Waals surface area contributed by atoms with Gasteiger partial charge in [0.25, 0.3) is 0 Å². The monoisotopic (exact) mass is 411 g/mol. The van der Waals surface area contributed by atoms with Crippen LogP contribution < -0.4 is 10.1 Å². The van der Waals surface area contributed by atoms with E-state index in [4.69, 9.17) is 9.47 Å². The maximum Gasteiger partial charge on any atom is 0.327 e. The van der Waals surface area contributed by atoms with E-state index in [9.17, 15) is 4.79 Å². The van der Waals surface area contributed by atoms with E-state index >= 15 is 0 Å². The molecule has 0 aliphatic heterocycles. The molecule has 0 unspecified atom stereocenters. The Kier molecular flexibility index (Phi) is 7.21. The van der Waals surface area contributed by atoms with Gasteiger partial charge in [0.1, 0.15) is 24.4 Å². The van der Waals surface area contributed by atoms with E-state index in [0.717, 1.165) is 29.5 Å². The maximum absolute atomic E-state index is 11.7. The lowest BCUT2D eigenvalue weighted by molar-refractivity contribution is -0.141. The summed E-state index contributed by atoms with van der Waals surface area (Å²) < 4.78 is 12.3. The highest BCUT2D eigenvalue weighted by molar-refractivity contribution is 5.87. The van der Waals surface area contributed by atoms with Crippen molar-refractivity contribution >= 4 is 22.8 Å². The van der Waals surface area contributed by atoms with Gasteiger partial charge in [0, 0.05) is 5.56 Å². The average molecular weight is 412 g/mol. The van der Waals surface area contributed by atoms with Crippen LogP contribution in [0.3, 0.4) is 0 Å². The number of rotatable bonds is 10. The van der Waals surface area contributed by atoms with Crippen LogP contribution in [0.1, 0.15) is 45.2 Å². The Bertz CT molecular complexity index is 986. The number of ether oxygens (including phenoxy) is 2. The lowest BCUT2D eigenvalue weighted by atomic mass is 9.96. The minimum absolute atomic E-state index is 0.000105. The number of carbonyl (C=O) groups is 1. The number of carbonyl (C=O) groups excluding carboxylic acids is 1. The number of nitrogens with zero attached hydrogens (tertiary/aromatic N) is 4. The quantitative estimate of drug-likeness (QED) is 0.504. The zero-order chi connectivity index (χ0) is 21.5. The second-order valence-electron chi connectivity index (χ2n) is 7.55. The summed E-state index contributed by atoms with van der Waals surface area (Å²) in [7, 11) is 1.35. The number of fused-ring (bicyclic) bond motifs is 1. The Morgan fingerprint density at radius 3 is 2.77 bits per heavy atom. The SMILES string of the molecule is CCCOc1ccccc1[C@@H](CC(C)C)Nc1ncnc2c1cnn2CC(=O)OC. The molecule has 0 aliphatic rings. The third kappa shape index (κ3) is 5.06. The van der Waals surface area contributed by atoms with Crippen molar-refractivity contribution in [2.45, 2.75) is 46.2 Å². The molecule has 0 radical (unpaired) electrons. The van der Waals surface area contributed by atoms with Crippen LogP contribution in [0.25, 0.3) is 11.0 Å². The molecule has 0 fully saturated rings. The lowest BCUT2D eigenvalue weighted by Gasteiger charge is -2.24. The van der Waals surface area contributed by atoms with Crippen LogP contribution in [0.5, 0.6) is 5.75 Å². The van der Waals surface area contributed by atoms with Crippen LogP contribution in [0.2, 0.25) is 0 Å². The van der Waals surface area contributed by atoms with Gasteiger partial charge in [-0.3, -0.25) is 4.79 Å². The zero-order valence-corrected chi connectivity index (χ0v) is 18.0. The van der Waals surface area contributed by atoms with Crippen LogP contribution >= 0.6 is 0 Å². The van der Waals surface area contributed by atoms with Gasteiger partial charge in [0.15, 0.2) is 5.65 Å². The molecule has 3 rings (SSSR count). The molecule has 1 aromatic carbocycles. The van der Waals surface area contributed by atoms with Crippen LogP contribution in [-0.4, -0.2) is 39.4 Å². The van der Waals surface area contributed by atoms with Crippen molar-refractivity contribution in [2.75, 3.05) is 19.0 Å². The van der Waals surface area contributed by atoms with Crippen molar-refractivity contribution in [3.63, 3.8) is 0 Å². The number of nitrogens with one attached hydrogen (secondary N) is 1. The number of hydrogen-bond acceptors (Lipinski definition) is 7. The molecule has 3 aromatic rings. The number of para-hydroxylation sites is 1. The van der Waals surface area contributed by atoms with E-state index in [1.165, 1.54) is 18.1 Å². The van der Waals surface area contributed by atoms with Crippen molar-refractivity contribution in [2.24, 2.45) is 5.92 Å². The van der Waals surface area contributed by atoms with Crippen molar-refractivity contribution in [3.8, 4) is 5.75 Å². The molecular formula is C22H29N5O3. The molecule has 0 bridgehead atoms. The molecule has 8 heteroatoms. The van der Waals surface area contributed by atoms with E-state index in [1.807, 2.05) is 18.2 Å². The molecule has 0 spiro atoms. The van der Waals surface area contributed by atoms with Crippen molar-refractivity contribution in [1.82, 2.24) is 19.7 Å². The first-order chi connectivity index (χ1) is 14.5. The highest BCUT2D eigenvalue weighted by Crippen LogP contribution is 2.33. The van der Waals surface area contributed by atoms with Crippen LogP contribution in [-0.2, 0) is 16.1 Å². The summed E-state index contributed by atoms with van der Waals surface area (Å²) in [5, 5.41) is 8.61. The molecule has 160 valence electrons. The summed E-state index contributed by atoms with van der Waals surface area (Å²) in [6.45, 7) is 7.14. The third-order valence-corrected chi connectivity index (χ3v) is 4.71. The largest absolute Gasteiger partial charge is 0.493 e. The Hall–Kier alpha value is -3.16. The number of aromatic nitrogens is 4. The highest BCUT2D eigenvalue weighted by Gasteiger charge is 2.20. The molecule has 1 atom stereocenters. The molecule has 1 N–H and O–H groups in total. The molecule has 0 saturated carbocycles. The summed E-state index contributed by atoms with van der Waals surface area (Å²) in [6.07, 6.45) is 5.00. The topological polar surface area (TPSA) is 91.2 Å². The van der Waals surface area contributed by atoms with Gasteiger partial charge in [-0.2, -0.15) is 5.10 Å². The smallest absolute Gasteiger partial charge is 0.327 e. The fourth-order valence-corrected chi connectivity index (χ4v) is 3.32. The average Bonchev–Trinajstić information content (AvgIpc) is 3.15. The van der Waals surface area contributed by atoms with Gasteiger partial charge in [-0.1, -0.05) is 39.0 Å². The molecule has 8 nitrogen and oxygen atoms in total. The van der Waals surface area contributed by atoms with E-state index in [1.54, 1.807) is 6.20 Å². The van der Waals surface area contributed by atoms with Gasteiger partial charge in [-0.25, -0.2) is 14.6 Å². The molecule has 0 saturated heterocycles. The first-order valence-electron chi connectivity index (χ1n) is 10.2. The standard InChI is InChI=1S/C22H29N5O3/c1-5-10-30-19-9-7-6-8-16(19)18(11-15(2)3)26-21-17-12-25-27(13-20(28)29-4)22(17)24-14-23-21/h6-9,12,14-15,18H,5,10-11,13H2,1-4H3,(H,23,24,26)/t18-/m1/s1. The minimum atomic E-state index is -0.382. The van der Waals surface area contributed by atoms with Crippen LogP contribution in [0.15, 0.2) is 36.8 Å². The Labute approximate surface area is 176 Å². The fourth-order valence-electron chi connectivity index (χ4n) is 3.32. The van der Waals surface area contributed by atoms with Gasteiger partial charge in [-0.15, -0.1) is 0 Å². The summed E-state index contributed by atoms with van der Waals surface area (Å²) in [6, 6.07) is 8.10. The molecule has 2 heterocycles. The predicted molar refractivity (Wildman–Crippen MR) is 115 cm³/mol. The minimum Gasteiger partial charge on any atom is -0.493 e. The first kappa shape index (κ1) is 21.5. The van der Waals surface area contributed by atoms with Crippen LogP contribution in [0.4, 0.5) is 5.82 Å². The van der Waals surface area contributed by atoms with Crippen molar-refractivity contribution < 1.29 is 14.3 Å². The molecule has 0 amide bonds. The van der Waals surface area contributed by atoms with Gasteiger partial charge < -0.3 is 14.8 Å². The van der Waals surface area contributed by atoms with E-state index in [-0.39, 0.29) is 18.6 Å². The normalized spacial score (nSPS) is 12.2. The Morgan fingerprint density at radius 2 is 2.03 bits per heavy atom. The van der Waals surface area contributed by atoms with E-state index < -0.39 is 0 Å². The number of methoxy groups -OCH3 is 1. The summed E-state index contributed by atoms with van der Waals surface area (Å²) in [5.74, 6) is 1.63. The predicted octanol–water partition coefficient (Wildman–Crippen LogP) is 3.99. The number of hydrogen-bond donors (Lipinski definition) is 1.